The van der Waals surface area contributed by atoms with Crippen molar-refractivity contribution in [3.8, 4) is 0 Å². The zero-order valence-electron chi connectivity index (χ0n) is 16.0. The van der Waals surface area contributed by atoms with Gasteiger partial charge in [0.25, 0.3) is 0 Å². The van der Waals surface area contributed by atoms with Crippen LogP contribution in [0.15, 0.2) is 29.3 Å². The summed E-state index contributed by atoms with van der Waals surface area (Å²) in [6.07, 6.45) is 2.24. The van der Waals surface area contributed by atoms with Crippen molar-refractivity contribution in [3.63, 3.8) is 0 Å². The molecule has 0 bridgehead atoms. The number of nitrogens with two attached hydrogens (primary N) is 1. The van der Waals surface area contributed by atoms with Crippen LogP contribution in [-0.2, 0) is 0 Å². The van der Waals surface area contributed by atoms with Crippen molar-refractivity contribution in [3.05, 3.63) is 30.1 Å². The number of hydrogen-bond donors (Lipinski definition) is 1. The first-order chi connectivity index (χ1) is 12.1. The van der Waals surface area contributed by atoms with Crippen LogP contribution >= 0.6 is 24.0 Å². The van der Waals surface area contributed by atoms with Crippen LogP contribution in [0.3, 0.4) is 0 Å². The molecule has 0 saturated carbocycles. The van der Waals surface area contributed by atoms with Crippen molar-refractivity contribution in [1.29, 1.82) is 0 Å². The van der Waals surface area contributed by atoms with Crippen molar-refractivity contribution >= 4 is 35.6 Å². The maximum atomic E-state index is 13.0. The first-order valence-corrected chi connectivity index (χ1v) is 9.41. The molecule has 0 aliphatic carbocycles. The Labute approximate surface area is 174 Å². The second-order valence-electron chi connectivity index (χ2n) is 6.42. The molecule has 7 heteroatoms. The fraction of sp³-hybridized carbons (Fsp3) is 0.632. The summed E-state index contributed by atoms with van der Waals surface area (Å²) in [6, 6.07) is 6.68. The average molecular weight is 477 g/mol. The summed E-state index contributed by atoms with van der Waals surface area (Å²) in [4.78, 5) is 11.4. The molecule has 1 heterocycles. The highest BCUT2D eigenvalue weighted by Gasteiger charge is 2.18. The number of unbranched alkanes of at least 4 members (excludes halogenated alkanes) is 1. The van der Waals surface area contributed by atoms with Crippen molar-refractivity contribution < 1.29 is 4.39 Å². The second-order valence-corrected chi connectivity index (χ2v) is 6.42. The van der Waals surface area contributed by atoms with Gasteiger partial charge in [0.15, 0.2) is 5.96 Å². The predicted octanol–water partition coefficient (Wildman–Crippen LogP) is 3.00. The lowest BCUT2D eigenvalue weighted by atomic mass is 10.2. The van der Waals surface area contributed by atoms with Crippen LogP contribution in [-0.4, -0.2) is 68.1 Å². The Kier molecular flexibility index (Phi) is 10.9. The van der Waals surface area contributed by atoms with Crippen LogP contribution in [0.5, 0.6) is 0 Å². The van der Waals surface area contributed by atoms with Crippen LogP contribution in [0, 0.1) is 5.82 Å². The van der Waals surface area contributed by atoms with E-state index in [1.165, 1.54) is 12.1 Å². The van der Waals surface area contributed by atoms with Gasteiger partial charge in [0, 0.05) is 38.4 Å². The molecule has 0 atom stereocenters. The van der Waals surface area contributed by atoms with E-state index in [2.05, 4.69) is 33.5 Å². The summed E-state index contributed by atoms with van der Waals surface area (Å²) >= 11 is 0. The molecule has 1 aromatic carbocycles. The molecule has 1 saturated heterocycles. The number of hydrogen-bond acceptors (Lipinski definition) is 3. The molecule has 26 heavy (non-hydrogen) atoms. The first-order valence-electron chi connectivity index (χ1n) is 9.41. The molecule has 0 radical (unpaired) electrons. The Morgan fingerprint density at radius 2 is 1.69 bits per heavy atom. The van der Waals surface area contributed by atoms with E-state index in [0.717, 1.165) is 70.9 Å². The average Bonchev–Trinajstić information content (AvgIpc) is 2.65. The van der Waals surface area contributed by atoms with Crippen molar-refractivity contribution in [1.82, 2.24) is 9.80 Å². The number of nitrogens with zero attached hydrogens (tertiary/aromatic N) is 4. The topological polar surface area (TPSA) is 48.1 Å². The molecule has 2 rings (SSSR count). The van der Waals surface area contributed by atoms with Crippen LogP contribution < -0.4 is 10.6 Å². The van der Waals surface area contributed by atoms with E-state index < -0.39 is 0 Å². The number of aliphatic imine (C=N–C) groups is 1. The van der Waals surface area contributed by atoms with Gasteiger partial charge >= 0.3 is 0 Å². The normalized spacial score (nSPS) is 15.3. The fourth-order valence-electron chi connectivity index (χ4n) is 3.13. The summed E-state index contributed by atoms with van der Waals surface area (Å²) < 4.78 is 13.0. The zero-order chi connectivity index (χ0) is 18.1. The Bertz CT molecular complexity index is 525. The number of anilines is 1. The van der Waals surface area contributed by atoms with Crippen LogP contribution in [0.4, 0.5) is 10.1 Å². The van der Waals surface area contributed by atoms with Gasteiger partial charge in [-0.15, -0.1) is 24.0 Å². The minimum Gasteiger partial charge on any atom is -0.370 e. The van der Waals surface area contributed by atoms with Crippen molar-refractivity contribution in [2.24, 2.45) is 10.7 Å². The van der Waals surface area contributed by atoms with Crippen molar-refractivity contribution in [2.45, 2.75) is 26.7 Å². The third-order valence-electron chi connectivity index (χ3n) is 4.85. The highest BCUT2D eigenvalue weighted by molar-refractivity contribution is 14.0. The van der Waals surface area contributed by atoms with Gasteiger partial charge in [0.05, 0.1) is 0 Å². The van der Waals surface area contributed by atoms with Crippen LogP contribution in [0.1, 0.15) is 26.7 Å². The molecule has 1 aromatic rings. The van der Waals surface area contributed by atoms with Gasteiger partial charge in [0.2, 0.25) is 0 Å². The SMILES string of the molecule is CCN(CC)CCCCN=C(N)N1CCN(c2ccc(F)cc2)CC1.I. The van der Waals surface area contributed by atoms with Gasteiger partial charge < -0.3 is 20.4 Å². The molecule has 5 nitrogen and oxygen atoms in total. The van der Waals surface area contributed by atoms with E-state index >= 15 is 0 Å². The lowest BCUT2D eigenvalue weighted by Gasteiger charge is -2.36. The zero-order valence-corrected chi connectivity index (χ0v) is 18.4. The van der Waals surface area contributed by atoms with Gasteiger partial charge in [-0.1, -0.05) is 13.8 Å². The van der Waals surface area contributed by atoms with E-state index in [1.54, 1.807) is 0 Å². The number of guanidine groups is 1. The third-order valence-corrected chi connectivity index (χ3v) is 4.85. The smallest absolute Gasteiger partial charge is 0.191 e. The monoisotopic (exact) mass is 477 g/mol. The molecule has 2 N–H and O–H groups in total. The predicted molar refractivity (Wildman–Crippen MR) is 119 cm³/mol. The third kappa shape index (κ3) is 7.26. The molecule has 0 amide bonds. The van der Waals surface area contributed by atoms with E-state index in [-0.39, 0.29) is 29.8 Å². The lowest BCUT2D eigenvalue weighted by Crippen LogP contribution is -2.51. The summed E-state index contributed by atoms with van der Waals surface area (Å²) in [5.74, 6) is 0.460. The van der Waals surface area contributed by atoms with E-state index in [4.69, 9.17) is 5.73 Å². The Balaban J connectivity index is 0.00000338. The number of benzene rings is 1. The number of rotatable bonds is 8. The van der Waals surface area contributed by atoms with E-state index in [9.17, 15) is 4.39 Å². The van der Waals surface area contributed by atoms with Crippen LogP contribution in [0.2, 0.25) is 0 Å². The Hall–Kier alpha value is -1.09. The highest BCUT2D eigenvalue weighted by atomic mass is 127. The summed E-state index contributed by atoms with van der Waals surface area (Å²) in [7, 11) is 0. The maximum Gasteiger partial charge on any atom is 0.191 e. The Morgan fingerprint density at radius 3 is 2.27 bits per heavy atom. The molecular formula is C19H33FIN5. The minimum absolute atomic E-state index is 0. The molecule has 148 valence electrons. The maximum absolute atomic E-state index is 13.0. The van der Waals surface area contributed by atoms with Crippen LogP contribution in [0.25, 0.3) is 0 Å². The molecule has 0 aromatic heterocycles. The molecule has 1 aliphatic rings. The molecule has 0 spiro atoms. The van der Waals surface area contributed by atoms with Gasteiger partial charge in [-0.25, -0.2) is 4.39 Å². The summed E-state index contributed by atoms with van der Waals surface area (Å²) in [5.41, 5.74) is 7.21. The largest absolute Gasteiger partial charge is 0.370 e. The number of piperazine rings is 1. The minimum atomic E-state index is -0.195. The van der Waals surface area contributed by atoms with Crippen molar-refractivity contribution in [2.75, 3.05) is 57.3 Å². The molecular weight excluding hydrogens is 444 g/mol. The lowest BCUT2D eigenvalue weighted by molar-refractivity contribution is 0.297. The molecule has 1 aliphatic heterocycles. The standard InChI is InChI=1S/C19H32FN5.HI/c1-3-23(4-2)12-6-5-11-22-19(21)25-15-13-24(14-16-25)18-9-7-17(20)8-10-18;/h7-10H,3-6,11-16H2,1-2H3,(H2,21,22);1H. The van der Waals surface area contributed by atoms with Gasteiger partial charge in [-0.2, -0.15) is 0 Å². The first kappa shape index (κ1) is 23.0. The molecule has 1 fully saturated rings. The van der Waals surface area contributed by atoms with E-state index in [1.807, 2.05) is 12.1 Å². The van der Waals surface area contributed by atoms with E-state index in [0.29, 0.717) is 5.96 Å². The fourth-order valence-corrected chi connectivity index (χ4v) is 3.13. The summed E-state index contributed by atoms with van der Waals surface area (Å²) in [6.45, 7) is 12.0. The second kappa shape index (κ2) is 12.3. The summed E-state index contributed by atoms with van der Waals surface area (Å²) in [5, 5.41) is 0. The van der Waals surface area contributed by atoms with Gasteiger partial charge in [-0.3, -0.25) is 4.99 Å². The van der Waals surface area contributed by atoms with Gasteiger partial charge in [0.1, 0.15) is 5.82 Å². The highest BCUT2D eigenvalue weighted by Crippen LogP contribution is 2.16. The number of halogens is 2. The molecule has 0 unspecified atom stereocenters. The quantitative estimate of drug-likeness (QED) is 0.271. The van der Waals surface area contributed by atoms with Gasteiger partial charge in [-0.05, 0) is 56.7 Å². The Morgan fingerprint density at radius 1 is 1.08 bits per heavy atom.